The van der Waals surface area contributed by atoms with Gasteiger partial charge in [0.25, 0.3) is 5.56 Å². The zero-order valence-corrected chi connectivity index (χ0v) is 33.2. The van der Waals surface area contributed by atoms with Crippen LogP contribution in [0.1, 0.15) is 44.5 Å². The number of rotatable bonds is 17. The highest BCUT2D eigenvalue weighted by Gasteiger charge is 2.37. The molecule has 8 atom stereocenters. The summed E-state index contributed by atoms with van der Waals surface area (Å²) in [6.45, 7) is 4.12. The van der Waals surface area contributed by atoms with Gasteiger partial charge in [0.2, 0.25) is 29.9 Å². The number of aromatic nitrogens is 2. The second kappa shape index (κ2) is 20.6. The fraction of sp³-hybridized carbons (Fsp3) is 0.385. The molecule has 1 aromatic heterocycles. The molecule has 6 amide bonds. The maximum atomic E-state index is 14.1. The number of nitrogens with one attached hydrogen (secondary N) is 6. The van der Waals surface area contributed by atoms with E-state index in [9.17, 15) is 53.7 Å². The Bertz CT molecular complexity index is 2190. The maximum Gasteiger partial charge on any atom is 0.331 e. The van der Waals surface area contributed by atoms with Gasteiger partial charge in [-0.3, -0.25) is 33.5 Å². The number of H-pyrrole nitrogens is 1. The summed E-state index contributed by atoms with van der Waals surface area (Å²) in [4.78, 5) is 106. The van der Waals surface area contributed by atoms with Gasteiger partial charge in [0, 0.05) is 44.8 Å². The van der Waals surface area contributed by atoms with Gasteiger partial charge in [-0.2, -0.15) is 0 Å². The van der Waals surface area contributed by atoms with Crippen LogP contribution in [0.4, 0.5) is 4.79 Å². The summed E-state index contributed by atoms with van der Waals surface area (Å²) < 4.78 is 6.63. The lowest BCUT2D eigenvalue weighted by molar-refractivity contribution is -0.140. The molecule has 21 heteroatoms. The van der Waals surface area contributed by atoms with Crippen molar-refractivity contribution in [2.75, 3.05) is 7.05 Å². The summed E-state index contributed by atoms with van der Waals surface area (Å²) in [6, 6.07) is 6.80. The molecule has 1 aliphatic heterocycles. The van der Waals surface area contributed by atoms with Crippen molar-refractivity contribution in [3.63, 3.8) is 0 Å². The van der Waals surface area contributed by atoms with Crippen LogP contribution in [0, 0.1) is 0 Å². The van der Waals surface area contributed by atoms with Crippen LogP contribution in [0.3, 0.4) is 0 Å². The van der Waals surface area contributed by atoms with E-state index in [4.69, 9.17) is 10.5 Å². The Kier molecular flexibility index (Phi) is 15.7. The van der Waals surface area contributed by atoms with Crippen LogP contribution in [-0.4, -0.2) is 115 Å². The van der Waals surface area contributed by atoms with Crippen LogP contribution in [-0.2, 0) is 41.6 Å². The van der Waals surface area contributed by atoms with Crippen molar-refractivity contribution >= 4 is 35.6 Å². The summed E-state index contributed by atoms with van der Waals surface area (Å²) in [5.41, 5.74) is 5.35. The van der Waals surface area contributed by atoms with Gasteiger partial charge in [-0.15, -0.1) is 0 Å². The molecule has 0 radical (unpaired) electrons. The normalized spacial score (nSPS) is 18.3. The SMILES string of the molecule is CC(C(NC(=O)[C@H](C)NC(=O)N[C@@H](Cc1ccccc1)C(=O)O)C(=O)N/C=C1/CC(O)C(n2ccc(=O)[nH]c2=O)O1)N(C)C(=O)[C@H](Cc1cccc(O)c1)NC(=O)[C@H](C)N. The van der Waals surface area contributed by atoms with Crippen LogP contribution in [0.25, 0.3) is 0 Å². The van der Waals surface area contributed by atoms with Gasteiger partial charge in [-0.25, -0.2) is 14.4 Å². The van der Waals surface area contributed by atoms with Gasteiger partial charge in [0.1, 0.15) is 41.8 Å². The number of aliphatic hydroxyl groups excluding tert-OH is 1. The van der Waals surface area contributed by atoms with Gasteiger partial charge in [-0.1, -0.05) is 42.5 Å². The molecule has 2 aromatic carbocycles. The number of carboxylic acids is 1. The number of urea groups is 1. The highest BCUT2D eigenvalue weighted by atomic mass is 16.5. The maximum absolute atomic E-state index is 14.1. The number of phenols is 1. The van der Waals surface area contributed by atoms with Crippen LogP contribution in [0.2, 0.25) is 0 Å². The molecule has 0 aliphatic carbocycles. The first-order valence-electron chi connectivity index (χ1n) is 18.7. The fourth-order valence-corrected chi connectivity index (χ4v) is 6.08. The predicted molar refractivity (Wildman–Crippen MR) is 213 cm³/mol. The number of aromatic amines is 1. The first kappa shape index (κ1) is 45.7. The number of benzene rings is 2. The van der Waals surface area contributed by atoms with Crippen molar-refractivity contribution in [3.8, 4) is 5.75 Å². The molecule has 0 saturated carbocycles. The van der Waals surface area contributed by atoms with Crippen molar-refractivity contribution in [2.24, 2.45) is 5.73 Å². The number of ether oxygens (including phenoxy) is 1. The lowest BCUT2D eigenvalue weighted by Crippen LogP contribution is -2.62. The Morgan fingerprint density at radius 3 is 2.20 bits per heavy atom. The lowest BCUT2D eigenvalue weighted by Gasteiger charge is -2.34. The van der Waals surface area contributed by atoms with E-state index in [2.05, 4.69) is 31.6 Å². The van der Waals surface area contributed by atoms with E-state index in [-0.39, 0.29) is 30.8 Å². The highest BCUT2D eigenvalue weighted by Crippen LogP contribution is 2.30. The highest BCUT2D eigenvalue weighted by molar-refractivity contribution is 5.94. The molecule has 1 fully saturated rings. The Morgan fingerprint density at radius 1 is 0.900 bits per heavy atom. The Hall–Kier alpha value is -7.00. The zero-order valence-electron chi connectivity index (χ0n) is 33.2. The second-order valence-electron chi connectivity index (χ2n) is 14.2. The first-order chi connectivity index (χ1) is 28.3. The summed E-state index contributed by atoms with van der Waals surface area (Å²) in [5.74, 6) is -4.64. The summed E-state index contributed by atoms with van der Waals surface area (Å²) in [7, 11) is 1.32. The topological polar surface area (TPSA) is 317 Å². The van der Waals surface area contributed by atoms with Crippen LogP contribution in [0.5, 0.6) is 5.75 Å². The number of likely N-dealkylation sites (N-methyl/N-ethyl adjacent to an activating group) is 1. The second-order valence-corrected chi connectivity index (χ2v) is 14.2. The van der Waals surface area contributed by atoms with Gasteiger partial charge in [0.15, 0.2) is 0 Å². The van der Waals surface area contributed by atoms with Gasteiger partial charge in [0.05, 0.1) is 12.1 Å². The van der Waals surface area contributed by atoms with Crippen LogP contribution >= 0.6 is 0 Å². The third kappa shape index (κ3) is 12.5. The van der Waals surface area contributed by atoms with Crippen molar-refractivity contribution in [1.29, 1.82) is 0 Å². The number of carbonyl (C=O) groups is 6. The summed E-state index contributed by atoms with van der Waals surface area (Å²) >= 11 is 0. The van der Waals surface area contributed by atoms with Gasteiger partial charge < -0.3 is 57.3 Å². The number of aliphatic carboxylic acids is 1. The number of carboxylic acid groups (broad SMARTS) is 1. The number of aliphatic hydroxyl groups is 1. The number of carbonyl (C=O) groups excluding carboxylic acids is 5. The molecule has 11 N–H and O–H groups in total. The molecule has 3 aromatic rings. The number of hydrogen-bond acceptors (Lipinski definition) is 12. The van der Waals surface area contributed by atoms with E-state index < -0.39 is 95.5 Å². The van der Waals surface area contributed by atoms with Crippen LogP contribution < -0.4 is 43.6 Å². The molecule has 0 bridgehead atoms. The molecular weight excluding hydrogens is 786 g/mol. The Balaban J connectivity index is 1.56. The molecule has 1 aliphatic rings. The quantitative estimate of drug-likeness (QED) is 0.0724. The average molecular weight is 836 g/mol. The number of nitrogens with two attached hydrogens (primary N) is 1. The third-order valence-corrected chi connectivity index (χ3v) is 9.54. The van der Waals surface area contributed by atoms with E-state index in [1.165, 1.54) is 40.0 Å². The average Bonchev–Trinajstić information content (AvgIpc) is 3.57. The standard InChI is InChI=1S/C39H49N9O12/c1-20(40)32(52)43-27(17-24-11-8-12-25(49)15-24)35(55)47(4)22(3)31(34(54)41-19-26-18-29(50)36(60-26)48-14-13-30(51)45-39(48)59)46-33(53)21(2)42-38(58)44-28(37(56)57)16-23-9-6-5-7-10-23/h5-15,19-22,27-29,31,36,49-50H,16-18,40H2,1-4H3,(H,41,54)(H,43,52)(H,46,53)(H,56,57)(H2,42,44,58)(H,45,51,59)/b26-19-/t20-,21-,22?,27-,28-,29?,31?,36?/m0/s1. The van der Waals surface area contributed by atoms with E-state index in [0.29, 0.717) is 11.1 Å². The first-order valence-corrected chi connectivity index (χ1v) is 18.7. The van der Waals surface area contributed by atoms with Crippen molar-refractivity contribution in [2.45, 2.75) is 88.6 Å². The molecule has 4 rings (SSSR count). The molecule has 4 unspecified atom stereocenters. The molecule has 0 spiro atoms. The molecule has 2 heterocycles. The zero-order chi connectivity index (χ0) is 44.3. The van der Waals surface area contributed by atoms with Crippen molar-refractivity contribution in [3.05, 3.63) is 111 Å². The third-order valence-electron chi connectivity index (χ3n) is 9.54. The summed E-state index contributed by atoms with van der Waals surface area (Å²) in [6.07, 6.45) is -0.684. The van der Waals surface area contributed by atoms with E-state index in [0.717, 1.165) is 27.9 Å². The van der Waals surface area contributed by atoms with Crippen molar-refractivity contribution in [1.82, 2.24) is 41.0 Å². The molecule has 21 nitrogen and oxygen atoms in total. The number of aromatic hydroxyl groups is 1. The number of amides is 6. The molecule has 1 saturated heterocycles. The molecule has 322 valence electrons. The van der Waals surface area contributed by atoms with E-state index in [1.807, 2.05) is 0 Å². The predicted octanol–water partition coefficient (Wildman–Crippen LogP) is -1.73. The lowest BCUT2D eigenvalue weighted by atomic mass is 10.0. The minimum Gasteiger partial charge on any atom is -0.508 e. The van der Waals surface area contributed by atoms with Gasteiger partial charge in [-0.05, 0) is 44.0 Å². The fourth-order valence-electron chi connectivity index (χ4n) is 6.08. The van der Waals surface area contributed by atoms with Crippen LogP contribution in [0.15, 0.2) is 88.4 Å². The van der Waals surface area contributed by atoms with E-state index in [1.54, 1.807) is 42.5 Å². The number of phenolic OH excluding ortho intramolecular Hbond substituents is 1. The minimum absolute atomic E-state index is 0.00102. The Labute approximate surface area is 343 Å². The Morgan fingerprint density at radius 2 is 1.57 bits per heavy atom. The monoisotopic (exact) mass is 835 g/mol. The molecule has 60 heavy (non-hydrogen) atoms. The number of nitrogens with zero attached hydrogens (tertiary/aromatic N) is 2. The van der Waals surface area contributed by atoms with Crippen molar-refractivity contribution < 1.29 is 48.8 Å². The smallest absolute Gasteiger partial charge is 0.331 e. The molecular formula is C39H49N9O12. The number of hydrogen-bond donors (Lipinski definition) is 10. The van der Waals surface area contributed by atoms with E-state index >= 15 is 0 Å². The largest absolute Gasteiger partial charge is 0.508 e. The minimum atomic E-state index is -1.59. The van der Waals surface area contributed by atoms with Gasteiger partial charge >= 0.3 is 17.7 Å². The summed E-state index contributed by atoms with van der Waals surface area (Å²) in [5, 5.41) is 42.6.